The number of rotatable bonds is 4. The number of aromatic nitrogens is 1. The van der Waals surface area contributed by atoms with Crippen LogP contribution in [0.5, 0.6) is 5.75 Å². The van der Waals surface area contributed by atoms with Gasteiger partial charge in [0.15, 0.2) is 0 Å². The van der Waals surface area contributed by atoms with Crippen LogP contribution in [0, 0.1) is 13.8 Å². The molecule has 0 saturated heterocycles. The van der Waals surface area contributed by atoms with Crippen molar-refractivity contribution in [3.8, 4) is 5.75 Å². The molecule has 0 spiro atoms. The number of thiophene rings is 1. The van der Waals surface area contributed by atoms with Crippen LogP contribution in [0.2, 0.25) is 0 Å². The maximum absolute atomic E-state index is 5.81. The fraction of sp³-hybridized carbons (Fsp3) is 0.231. The predicted molar refractivity (Wildman–Crippen MR) is 78.2 cm³/mol. The molecule has 0 atom stereocenters. The zero-order chi connectivity index (χ0) is 13.1. The summed E-state index contributed by atoms with van der Waals surface area (Å²) in [4.78, 5) is 5.84. The largest absolute Gasteiger partial charge is 0.487 e. The smallest absolute Gasteiger partial charge is 0.133 e. The zero-order valence-corrected chi connectivity index (χ0v) is 11.9. The molecule has 2 aromatic rings. The molecule has 0 unspecified atom stereocenters. The minimum atomic E-state index is 0.321. The molecular weight excluding hydrogens is 264 g/mol. The molecule has 5 heteroatoms. The standard InChI is InChI=1S/C13H14N2OS2/c1-8-6-11(12(13(14)17)9(2)15-8)16-7-10-4-3-5-18-10/h3-6H,7H2,1-2H3,(H2,14,17). The van der Waals surface area contributed by atoms with Gasteiger partial charge in [-0.25, -0.2) is 0 Å². The number of thiocarbonyl (C=S) groups is 1. The van der Waals surface area contributed by atoms with E-state index in [0.717, 1.165) is 21.8 Å². The molecule has 0 amide bonds. The zero-order valence-electron chi connectivity index (χ0n) is 10.3. The highest BCUT2D eigenvalue weighted by Gasteiger charge is 2.12. The number of nitrogens with two attached hydrogens (primary N) is 1. The predicted octanol–water partition coefficient (Wildman–Crippen LogP) is 2.97. The first-order chi connectivity index (χ1) is 8.58. The van der Waals surface area contributed by atoms with Crippen molar-refractivity contribution >= 4 is 28.5 Å². The van der Waals surface area contributed by atoms with Crippen LogP contribution in [0.3, 0.4) is 0 Å². The van der Waals surface area contributed by atoms with E-state index in [1.165, 1.54) is 0 Å². The molecule has 0 fully saturated rings. The van der Waals surface area contributed by atoms with Gasteiger partial charge in [0.1, 0.15) is 17.3 Å². The quantitative estimate of drug-likeness (QED) is 0.874. The lowest BCUT2D eigenvalue weighted by molar-refractivity contribution is 0.308. The second-order valence-electron chi connectivity index (χ2n) is 3.95. The Balaban J connectivity index is 2.28. The van der Waals surface area contributed by atoms with E-state index in [0.29, 0.717) is 17.3 Å². The molecule has 0 radical (unpaired) electrons. The molecule has 2 aromatic heterocycles. The third kappa shape index (κ3) is 2.86. The summed E-state index contributed by atoms with van der Waals surface area (Å²) in [7, 11) is 0. The van der Waals surface area contributed by atoms with Gasteiger partial charge in [-0.05, 0) is 25.3 Å². The Morgan fingerprint density at radius 1 is 1.50 bits per heavy atom. The normalized spacial score (nSPS) is 10.3. The van der Waals surface area contributed by atoms with Crippen molar-refractivity contribution in [1.82, 2.24) is 4.98 Å². The topological polar surface area (TPSA) is 48.1 Å². The lowest BCUT2D eigenvalue weighted by Gasteiger charge is -2.13. The molecule has 2 N–H and O–H groups in total. The van der Waals surface area contributed by atoms with Gasteiger partial charge < -0.3 is 10.5 Å². The molecule has 0 bridgehead atoms. The van der Waals surface area contributed by atoms with Crippen LogP contribution < -0.4 is 10.5 Å². The molecule has 2 heterocycles. The lowest BCUT2D eigenvalue weighted by atomic mass is 10.1. The van der Waals surface area contributed by atoms with Crippen molar-refractivity contribution in [2.24, 2.45) is 5.73 Å². The van der Waals surface area contributed by atoms with Crippen LogP contribution in [-0.4, -0.2) is 9.97 Å². The minimum Gasteiger partial charge on any atom is -0.487 e. The molecule has 3 nitrogen and oxygen atoms in total. The van der Waals surface area contributed by atoms with Gasteiger partial charge in [0.05, 0.1) is 11.3 Å². The summed E-state index contributed by atoms with van der Waals surface area (Å²) in [6.45, 7) is 4.34. The molecule has 0 aliphatic heterocycles. The number of aryl methyl sites for hydroxylation is 2. The average Bonchev–Trinajstić information content (AvgIpc) is 2.77. The summed E-state index contributed by atoms with van der Waals surface area (Å²) in [6, 6.07) is 5.90. The Kier molecular flexibility index (Phi) is 3.93. The molecule has 18 heavy (non-hydrogen) atoms. The maximum atomic E-state index is 5.81. The van der Waals surface area contributed by atoms with E-state index >= 15 is 0 Å². The van der Waals surface area contributed by atoms with Crippen molar-refractivity contribution in [3.63, 3.8) is 0 Å². The third-order valence-electron chi connectivity index (χ3n) is 2.49. The Hall–Kier alpha value is -1.46. The third-order valence-corrected chi connectivity index (χ3v) is 3.54. The van der Waals surface area contributed by atoms with Gasteiger partial charge in [0.25, 0.3) is 0 Å². The van der Waals surface area contributed by atoms with E-state index in [9.17, 15) is 0 Å². The van der Waals surface area contributed by atoms with E-state index in [4.69, 9.17) is 22.7 Å². The number of ether oxygens (including phenoxy) is 1. The SMILES string of the molecule is Cc1cc(OCc2cccs2)c(C(N)=S)c(C)n1. The van der Waals surface area contributed by atoms with E-state index < -0.39 is 0 Å². The van der Waals surface area contributed by atoms with Gasteiger partial charge in [-0.3, -0.25) is 4.98 Å². The van der Waals surface area contributed by atoms with Crippen molar-refractivity contribution in [2.45, 2.75) is 20.5 Å². The van der Waals surface area contributed by atoms with E-state index in [1.807, 2.05) is 37.4 Å². The highest BCUT2D eigenvalue weighted by Crippen LogP contribution is 2.24. The van der Waals surface area contributed by atoms with Gasteiger partial charge in [0, 0.05) is 16.6 Å². The monoisotopic (exact) mass is 278 g/mol. The van der Waals surface area contributed by atoms with Gasteiger partial charge in [-0.1, -0.05) is 18.3 Å². The second-order valence-corrected chi connectivity index (χ2v) is 5.43. The summed E-state index contributed by atoms with van der Waals surface area (Å²) in [5.41, 5.74) is 8.16. The molecule has 0 aliphatic carbocycles. The summed E-state index contributed by atoms with van der Waals surface area (Å²) in [5, 5.41) is 2.02. The molecule has 0 aliphatic rings. The summed E-state index contributed by atoms with van der Waals surface area (Å²) >= 11 is 6.72. The van der Waals surface area contributed by atoms with Gasteiger partial charge in [-0.15, -0.1) is 11.3 Å². The maximum Gasteiger partial charge on any atom is 0.133 e. The van der Waals surface area contributed by atoms with Crippen molar-refractivity contribution in [2.75, 3.05) is 0 Å². The van der Waals surface area contributed by atoms with Crippen LogP contribution in [0.1, 0.15) is 21.8 Å². The minimum absolute atomic E-state index is 0.321. The number of nitrogens with zero attached hydrogens (tertiary/aromatic N) is 1. The van der Waals surface area contributed by atoms with E-state index in [-0.39, 0.29) is 0 Å². The van der Waals surface area contributed by atoms with Gasteiger partial charge in [0.2, 0.25) is 0 Å². The Labute approximate surface area is 116 Å². The molecule has 2 rings (SSSR count). The van der Waals surface area contributed by atoms with E-state index in [1.54, 1.807) is 11.3 Å². The summed E-state index contributed by atoms with van der Waals surface area (Å²) in [6.07, 6.45) is 0. The van der Waals surface area contributed by atoms with Gasteiger partial charge in [-0.2, -0.15) is 0 Å². The Morgan fingerprint density at radius 3 is 2.89 bits per heavy atom. The highest BCUT2D eigenvalue weighted by molar-refractivity contribution is 7.80. The molecular formula is C13H14N2OS2. The molecule has 0 saturated carbocycles. The van der Waals surface area contributed by atoms with E-state index in [2.05, 4.69) is 4.98 Å². The number of hydrogen-bond acceptors (Lipinski definition) is 4. The van der Waals surface area contributed by atoms with Crippen LogP contribution in [0.15, 0.2) is 23.6 Å². The Morgan fingerprint density at radius 2 is 2.28 bits per heavy atom. The fourth-order valence-electron chi connectivity index (χ4n) is 1.75. The first-order valence-corrected chi connectivity index (χ1v) is 6.80. The lowest BCUT2D eigenvalue weighted by Crippen LogP contribution is -2.15. The number of pyridine rings is 1. The Bertz CT molecular complexity index is 565. The van der Waals surface area contributed by atoms with Crippen LogP contribution in [0.25, 0.3) is 0 Å². The number of hydrogen-bond donors (Lipinski definition) is 1. The van der Waals surface area contributed by atoms with Crippen molar-refractivity contribution in [3.05, 3.63) is 45.4 Å². The molecule has 0 aromatic carbocycles. The highest BCUT2D eigenvalue weighted by atomic mass is 32.1. The van der Waals surface area contributed by atoms with Crippen LogP contribution >= 0.6 is 23.6 Å². The van der Waals surface area contributed by atoms with Gasteiger partial charge >= 0.3 is 0 Å². The molecule has 94 valence electrons. The van der Waals surface area contributed by atoms with Crippen LogP contribution in [0.4, 0.5) is 0 Å². The van der Waals surface area contributed by atoms with Crippen molar-refractivity contribution in [1.29, 1.82) is 0 Å². The second kappa shape index (κ2) is 5.46. The summed E-state index contributed by atoms with van der Waals surface area (Å²) in [5.74, 6) is 0.709. The first kappa shape index (κ1) is 13.0. The average molecular weight is 278 g/mol. The summed E-state index contributed by atoms with van der Waals surface area (Å²) < 4.78 is 5.81. The van der Waals surface area contributed by atoms with Crippen LogP contribution in [-0.2, 0) is 6.61 Å². The fourth-order valence-corrected chi connectivity index (χ4v) is 2.61. The first-order valence-electron chi connectivity index (χ1n) is 5.51. The van der Waals surface area contributed by atoms with Crippen molar-refractivity contribution < 1.29 is 4.74 Å².